The van der Waals surface area contributed by atoms with Gasteiger partial charge in [0.1, 0.15) is 5.75 Å². The van der Waals surface area contributed by atoms with Crippen molar-refractivity contribution in [3.8, 4) is 5.75 Å². The number of anilines is 1. The first-order valence-corrected chi connectivity index (χ1v) is 7.40. The molecule has 1 aliphatic heterocycles. The van der Waals surface area contributed by atoms with E-state index in [1.807, 2.05) is 30.3 Å². The van der Waals surface area contributed by atoms with Gasteiger partial charge in [-0.1, -0.05) is 29.8 Å². The van der Waals surface area contributed by atoms with Gasteiger partial charge in [0.15, 0.2) is 0 Å². The summed E-state index contributed by atoms with van der Waals surface area (Å²) in [4.78, 5) is 4.63. The molecule has 0 fully saturated rings. The third kappa shape index (κ3) is 2.41. The highest BCUT2D eigenvalue weighted by atomic mass is 79.9. The molecule has 2 aromatic rings. The first-order chi connectivity index (χ1) is 9.66. The Labute approximate surface area is 130 Å². The number of rotatable bonds is 1. The fraction of sp³-hybridized carbons (Fsp3) is 0.133. The first kappa shape index (κ1) is 13.5. The fourth-order valence-corrected chi connectivity index (χ4v) is 2.80. The lowest BCUT2D eigenvalue weighted by molar-refractivity contribution is 0.472. The quantitative estimate of drug-likeness (QED) is 0.813. The van der Waals surface area contributed by atoms with Crippen molar-refractivity contribution in [3.63, 3.8) is 0 Å². The predicted molar refractivity (Wildman–Crippen MR) is 86.3 cm³/mol. The molecule has 0 atom stereocenters. The summed E-state index contributed by atoms with van der Waals surface area (Å²) in [5.74, 6) is 0.205. The molecule has 0 radical (unpaired) electrons. The standard InChI is InChI=1S/C15H12BrClN2O/c16-11-7-10-13(8-14(11)20)18-5-6-19-15(10)9-3-1-2-4-12(9)17/h1-4,7-8,18,20H,5-6H2. The number of hydrogen-bond donors (Lipinski definition) is 2. The number of nitrogens with zero attached hydrogens (tertiary/aromatic N) is 1. The zero-order chi connectivity index (χ0) is 14.1. The van der Waals surface area contributed by atoms with Crippen LogP contribution in [0.3, 0.4) is 0 Å². The first-order valence-electron chi connectivity index (χ1n) is 6.23. The Morgan fingerprint density at radius 3 is 2.80 bits per heavy atom. The number of phenolic OH excluding ortho intramolecular Hbond substituents is 1. The van der Waals surface area contributed by atoms with E-state index in [1.54, 1.807) is 6.07 Å². The average molecular weight is 352 g/mol. The maximum Gasteiger partial charge on any atom is 0.131 e. The van der Waals surface area contributed by atoms with Gasteiger partial charge in [0.05, 0.1) is 16.7 Å². The van der Waals surface area contributed by atoms with E-state index in [0.29, 0.717) is 16.0 Å². The van der Waals surface area contributed by atoms with Crippen molar-refractivity contribution in [2.45, 2.75) is 0 Å². The van der Waals surface area contributed by atoms with Gasteiger partial charge in [-0.2, -0.15) is 0 Å². The molecule has 1 aliphatic rings. The molecule has 1 heterocycles. The number of halogens is 2. The van der Waals surface area contributed by atoms with Crippen molar-refractivity contribution in [2.24, 2.45) is 4.99 Å². The molecule has 0 saturated carbocycles. The van der Waals surface area contributed by atoms with Crippen LogP contribution in [0.5, 0.6) is 5.75 Å². The van der Waals surface area contributed by atoms with Crippen LogP contribution in [0.1, 0.15) is 11.1 Å². The van der Waals surface area contributed by atoms with E-state index in [4.69, 9.17) is 11.6 Å². The summed E-state index contributed by atoms with van der Waals surface area (Å²) < 4.78 is 0.639. The molecule has 20 heavy (non-hydrogen) atoms. The van der Waals surface area contributed by atoms with Crippen molar-refractivity contribution >= 4 is 38.9 Å². The molecule has 0 saturated heterocycles. The number of fused-ring (bicyclic) bond motifs is 1. The van der Waals surface area contributed by atoms with Crippen LogP contribution in [0.2, 0.25) is 5.02 Å². The van der Waals surface area contributed by atoms with E-state index in [1.165, 1.54) is 0 Å². The third-order valence-electron chi connectivity index (χ3n) is 3.17. The smallest absolute Gasteiger partial charge is 0.131 e. The molecule has 0 unspecified atom stereocenters. The van der Waals surface area contributed by atoms with E-state index >= 15 is 0 Å². The van der Waals surface area contributed by atoms with Crippen LogP contribution in [0.25, 0.3) is 0 Å². The van der Waals surface area contributed by atoms with Crippen molar-refractivity contribution in [2.75, 3.05) is 18.4 Å². The molecule has 5 heteroatoms. The Morgan fingerprint density at radius 1 is 1.20 bits per heavy atom. The lowest BCUT2D eigenvalue weighted by Crippen LogP contribution is -2.06. The monoisotopic (exact) mass is 350 g/mol. The summed E-state index contributed by atoms with van der Waals surface area (Å²) in [6.45, 7) is 1.38. The van der Waals surface area contributed by atoms with Crippen LogP contribution in [0, 0.1) is 0 Å². The van der Waals surface area contributed by atoms with Crippen LogP contribution < -0.4 is 5.32 Å². The number of aliphatic imine (C=N–C) groups is 1. The van der Waals surface area contributed by atoms with E-state index in [2.05, 4.69) is 26.2 Å². The second kappa shape index (κ2) is 5.46. The summed E-state index contributed by atoms with van der Waals surface area (Å²) in [5, 5.41) is 13.8. The highest BCUT2D eigenvalue weighted by molar-refractivity contribution is 9.10. The molecular weight excluding hydrogens is 340 g/mol. The minimum atomic E-state index is 0.205. The number of benzodiazepines with no additional fused rings is 1. The van der Waals surface area contributed by atoms with Gasteiger partial charge < -0.3 is 10.4 Å². The molecule has 2 N–H and O–H groups in total. The SMILES string of the molecule is Oc1cc2c(cc1Br)C(c1ccccc1Cl)=NCCN2. The third-order valence-corrected chi connectivity index (χ3v) is 4.13. The van der Waals surface area contributed by atoms with Gasteiger partial charge in [-0.15, -0.1) is 0 Å². The summed E-state index contributed by atoms with van der Waals surface area (Å²) >= 11 is 9.64. The summed E-state index contributed by atoms with van der Waals surface area (Å²) in [6.07, 6.45) is 0. The van der Waals surface area contributed by atoms with Crippen LogP contribution in [0.15, 0.2) is 45.9 Å². The maximum atomic E-state index is 9.83. The Bertz CT molecular complexity index is 700. The Hall–Kier alpha value is -1.52. The summed E-state index contributed by atoms with van der Waals surface area (Å²) in [6, 6.07) is 11.2. The van der Waals surface area contributed by atoms with Gasteiger partial charge in [0.2, 0.25) is 0 Å². The van der Waals surface area contributed by atoms with E-state index in [-0.39, 0.29) is 5.75 Å². The maximum absolute atomic E-state index is 9.83. The number of aromatic hydroxyl groups is 1. The second-order valence-corrected chi connectivity index (χ2v) is 5.75. The van der Waals surface area contributed by atoms with Gasteiger partial charge >= 0.3 is 0 Å². The van der Waals surface area contributed by atoms with Crippen LogP contribution in [-0.4, -0.2) is 23.9 Å². The average Bonchev–Trinajstić information content (AvgIpc) is 2.63. The molecule has 0 amide bonds. The van der Waals surface area contributed by atoms with Gasteiger partial charge in [-0.3, -0.25) is 4.99 Å². The predicted octanol–water partition coefficient (Wildman–Crippen LogP) is 4.07. The molecular formula is C15H12BrClN2O. The van der Waals surface area contributed by atoms with Crippen molar-refractivity contribution in [3.05, 3.63) is 57.0 Å². The Morgan fingerprint density at radius 2 is 2.00 bits per heavy atom. The normalized spacial score (nSPS) is 14.0. The van der Waals surface area contributed by atoms with Gasteiger partial charge in [-0.25, -0.2) is 0 Å². The molecule has 0 aromatic heterocycles. The number of hydrogen-bond acceptors (Lipinski definition) is 3. The van der Waals surface area contributed by atoms with Gasteiger partial charge in [-0.05, 0) is 28.1 Å². The molecule has 0 aliphatic carbocycles. The zero-order valence-electron chi connectivity index (χ0n) is 10.5. The number of nitrogens with one attached hydrogen (secondary N) is 1. The second-order valence-electron chi connectivity index (χ2n) is 4.49. The van der Waals surface area contributed by atoms with E-state index in [9.17, 15) is 5.11 Å². The number of benzene rings is 2. The minimum Gasteiger partial charge on any atom is -0.507 e. The Kier molecular flexibility index (Phi) is 3.68. The highest BCUT2D eigenvalue weighted by Gasteiger charge is 2.18. The summed E-state index contributed by atoms with van der Waals surface area (Å²) in [7, 11) is 0. The molecule has 3 nitrogen and oxygen atoms in total. The lowest BCUT2D eigenvalue weighted by Gasteiger charge is -2.13. The lowest BCUT2D eigenvalue weighted by atomic mass is 10.0. The molecule has 0 bridgehead atoms. The van der Waals surface area contributed by atoms with E-state index < -0.39 is 0 Å². The molecule has 102 valence electrons. The summed E-state index contributed by atoms with van der Waals surface area (Å²) in [5.41, 5.74) is 3.54. The zero-order valence-corrected chi connectivity index (χ0v) is 12.9. The van der Waals surface area contributed by atoms with Gasteiger partial charge in [0.25, 0.3) is 0 Å². The largest absolute Gasteiger partial charge is 0.507 e. The number of phenols is 1. The van der Waals surface area contributed by atoms with Crippen LogP contribution in [-0.2, 0) is 0 Å². The topological polar surface area (TPSA) is 44.6 Å². The van der Waals surface area contributed by atoms with Crippen LogP contribution >= 0.6 is 27.5 Å². The highest BCUT2D eigenvalue weighted by Crippen LogP contribution is 2.34. The van der Waals surface area contributed by atoms with Crippen molar-refractivity contribution in [1.29, 1.82) is 0 Å². The Balaban J connectivity index is 2.21. The van der Waals surface area contributed by atoms with Crippen LogP contribution in [0.4, 0.5) is 5.69 Å². The minimum absolute atomic E-state index is 0.205. The van der Waals surface area contributed by atoms with E-state index in [0.717, 1.165) is 29.1 Å². The molecule has 3 rings (SSSR count). The molecule has 2 aromatic carbocycles. The fourth-order valence-electron chi connectivity index (χ4n) is 2.23. The molecule has 0 spiro atoms. The van der Waals surface area contributed by atoms with Crippen molar-refractivity contribution < 1.29 is 5.11 Å². The van der Waals surface area contributed by atoms with Crippen molar-refractivity contribution in [1.82, 2.24) is 0 Å². The van der Waals surface area contributed by atoms with Gasteiger partial charge in [0, 0.05) is 34.4 Å².